The Hall–Kier alpha value is -1.13. The Morgan fingerprint density at radius 2 is 1.92 bits per heavy atom. The molecule has 0 bridgehead atoms. The molecule has 0 heterocycles. The van der Waals surface area contributed by atoms with Crippen LogP contribution in [0.4, 0.5) is 0 Å². The average Bonchev–Trinajstić information content (AvgIpc) is 3.09. The summed E-state index contributed by atoms with van der Waals surface area (Å²) in [7, 11) is -1.51. The highest BCUT2D eigenvalue weighted by Gasteiger charge is 2.50. The summed E-state index contributed by atoms with van der Waals surface area (Å²) in [6, 6.07) is 0. The minimum atomic E-state index is -1.51. The Morgan fingerprint density at radius 1 is 1.19 bits per heavy atom. The molecule has 204 valence electrons. The highest BCUT2D eigenvalue weighted by molar-refractivity contribution is 6.69. The minimum Gasteiger partial charge on any atom is -0.462 e. The van der Waals surface area contributed by atoms with E-state index in [1.807, 2.05) is 0 Å². The van der Waals surface area contributed by atoms with Crippen molar-refractivity contribution in [2.45, 2.75) is 137 Å². The molecule has 0 aromatic heterocycles. The van der Waals surface area contributed by atoms with Gasteiger partial charge in [-0.3, -0.25) is 4.79 Å². The molecule has 3 aliphatic rings. The van der Waals surface area contributed by atoms with E-state index in [9.17, 15) is 4.79 Å². The minimum absolute atomic E-state index is 0.00184. The van der Waals surface area contributed by atoms with E-state index in [2.05, 4.69) is 66.1 Å². The van der Waals surface area contributed by atoms with Gasteiger partial charge < -0.3 is 9.16 Å². The van der Waals surface area contributed by atoms with Gasteiger partial charge in [0.05, 0.1) is 5.60 Å². The largest absolute Gasteiger partial charge is 0.462 e. The third-order valence-corrected chi connectivity index (χ3v) is 10.4. The van der Waals surface area contributed by atoms with Crippen molar-refractivity contribution in [3.63, 3.8) is 0 Å². The van der Waals surface area contributed by atoms with Crippen LogP contribution in [0, 0.1) is 23.2 Å². The first kappa shape index (κ1) is 29.4. The first-order valence-electron chi connectivity index (χ1n) is 14.7. The van der Waals surface area contributed by atoms with E-state index < -0.39 is 8.32 Å². The molecule has 0 radical (unpaired) electrons. The lowest BCUT2D eigenvalue weighted by Crippen LogP contribution is -2.38. The summed E-state index contributed by atoms with van der Waals surface area (Å²) in [4.78, 5) is 11.4. The lowest BCUT2D eigenvalue weighted by atomic mass is 9.60. The number of hydrogen-bond donors (Lipinski definition) is 0. The smallest absolute Gasteiger partial charge is 0.302 e. The molecule has 36 heavy (non-hydrogen) atoms. The topological polar surface area (TPSA) is 35.5 Å². The third-order valence-electron chi connectivity index (χ3n) is 9.25. The van der Waals surface area contributed by atoms with E-state index in [0.717, 1.165) is 37.5 Å². The van der Waals surface area contributed by atoms with Gasteiger partial charge >= 0.3 is 5.97 Å². The van der Waals surface area contributed by atoms with Gasteiger partial charge in [0.2, 0.25) is 0 Å². The molecule has 3 nitrogen and oxygen atoms in total. The van der Waals surface area contributed by atoms with Crippen LogP contribution in [0.5, 0.6) is 0 Å². The molecular formula is C32H54O3Si. The van der Waals surface area contributed by atoms with Crippen LogP contribution in [0.25, 0.3) is 0 Å². The molecule has 4 heteroatoms. The number of rotatable bonds is 9. The van der Waals surface area contributed by atoms with Crippen molar-refractivity contribution in [1.82, 2.24) is 0 Å². The first-order valence-corrected chi connectivity index (χ1v) is 18.1. The lowest BCUT2D eigenvalue weighted by Gasteiger charge is -2.44. The van der Waals surface area contributed by atoms with Crippen LogP contribution < -0.4 is 0 Å². The zero-order valence-corrected chi connectivity index (χ0v) is 25.7. The van der Waals surface area contributed by atoms with E-state index in [4.69, 9.17) is 9.16 Å². The SMILES string of the molecule is C=C1CC[C@H](OC(C)=O)C/C1=C/C=C1\CCC[C@]2(C)[C@@H]([C@H](C)CCCC(C)(C)O[Si](C)(C)C)CC[C@@H]12. The summed E-state index contributed by atoms with van der Waals surface area (Å²) in [5, 5.41) is 0. The zero-order valence-electron chi connectivity index (χ0n) is 24.7. The summed E-state index contributed by atoms with van der Waals surface area (Å²) in [6.07, 6.45) is 17.7. The second kappa shape index (κ2) is 11.7. The zero-order chi connectivity index (χ0) is 26.7. The molecule has 3 fully saturated rings. The van der Waals surface area contributed by atoms with Crippen molar-refractivity contribution in [2.75, 3.05) is 0 Å². The number of allylic oxidation sites excluding steroid dienone is 4. The van der Waals surface area contributed by atoms with Crippen LogP contribution in [0.1, 0.15) is 105 Å². The van der Waals surface area contributed by atoms with Gasteiger partial charge in [-0.15, -0.1) is 0 Å². The Morgan fingerprint density at radius 3 is 2.58 bits per heavy atom. The van der Waals surface area contributed by atoms with Crippen LogP contribution in [-0.4, -0.2) is 26.0 Å². The van der Waals surface area contributed by atoms with Gasteiger partial charge in [-0.25, -0.2) is 0 Å². The second-order valence-electron chi connectivity index (χ2n) is 14.0. The molecule has 0 aromatic carbocycles. The normalized spacial score (nSPS) is 32.6. The quantitative estimate of drug-likeness (QED) is 0.227. The molecule has 3 aliphatic carbocycles. The highest BCUT2D eigenvalue weighted by Crippen LogP contribution is 2.60. The number of hydrogen-bond acceptors (Lipinski definition) is 3. The Kier molecular flexibility index (Phi) is 9.58. The third kappa shape index (κ3) is 7.69. The van der Waals surface area contributed by atoms with Crippen LogP contribution >= 0.6 is 0 Å². The summed E-state index contributed by atoms with van der Waals surface area (Å²) in [5.41, 5.74) is 4.57. The number of carbonyl (C=O) groups excluding carboxylic acids is 1. The van der Waals surface area contributed by atoms with Crippen molar-refractivity contribution in [1.29, 1.82) is 0 Å². The molecule has 5 atom stereocenters. The fourth-order valence-electron chi connectivity index (χ4n) is 7.86. The fourth-order valence-corrected chi connectivity index (χ4v) is 9.62. The van der Waals surface area contributed by atoms with Crippen LogP contribution in [0.3, 0.4) is 0 Å². The van der Waals surface area contributed by atoms with Crippen molar-refractivity contribution in [3.05, 3.63) is 35.5 Å². The van der Waals surface area contributed by atoms with Gasteiger partial charge in [0.15, 0.2) is 8.32 Å². The summed E-state index contributed by atoms with van der Waals surface area (Å²) < 4.78 is 12.0. The predicted molar refractivity (Wildman–Crippen MR) is 154 cm³/mol. The standard InChI is InChI=1S/C32H54O3Si/c1-23-14-17-28(34-25(3)33)22-27(23)16-15-26-13-11-21-32(6)29(18-19-30(26)32)24(2)12-10-20-31(4,5)35-36(7,8)9/h15-16,24,28-30H,1,10-14,17-22H2,2-9H3/b26-15+,27-16-/t24-,28+,29-,30+,32-/m1/s1. The van der Waals surface area contributed by atoms with Gasteiger partial charge in [-0.2, -0.15) is 0 Å². The van der Waals surface area contributed by atoms with Gasteiger partial charge in [-0.05, 0) is 114 Å². The van der Waals surface area contributed by atoms with Gasteiger partial charge in [-0.1, -0.05) is 56.6 Å². The maximum absolute atomic E-state index is 11.4. The maximum Gasteiger partial charge on any atom is 0.302 e. The molecule has 3 saturated carbocycles. The number of fused-ring (bicyclic) bond motifs is 1. The van der Waals surface area contributed by atoms with Gasteiger partial charge in [0, 0.05) is 13.3 Å². The molecular weight excluding hydrogens is 460 g/mol. The fraction of sp³-hybridized carbons (Fsp3) is 0.781. The van der Waals surface area contributed by atoms with E-state index in [1.54, 1.807) is 5.57 Å². The van der Waals surface area contributed by atoms with E-state index in [1.165, 1.54) is 63.0 Å². The van der Waals surface area contributed by atoms with Crippen molar-refractivity contribution >= 4 is 14.3 Å². The highest BCUT2D eigenvalue weighted by atomic mass is 28.4. The van der Waals surface area contributed by atoms with Crippen LogP contribution in [0.2, 0.25) is 19.6 Å². The molecule has 0 saturated heterocycles. The number of esters is 1. The Labute approximate surface area is 223 Å². The van der Waals surface area contributed by atoms with Crippen molar-refractivity contribution in [2.24, 2.45) is 23.2 Å². The van der Waals surface area contributed by atoms with E-state index >= 15 is 0 Å². The van der Waals surface area contributed by atoms with E-state index in [0.29, 0.717) is 11.3 Å². The summed E-state index contributed by atoms with van der Waals surface area (Å²) in [6.45, 7) is 22.4. The van der Waals surface area contributed by atoms with Crippen LogP contribution in [-0.2, 0) is 14.0 Å². The average molecular weight is 515 g/mol. The van der Waals surface area contributed by atoms with Gasteiger partial charge in [0.25, 0.3) is 0 Å². The van der Waals surface area contributed by atoms with Crippen molar-refractivity contribution < 1.29 is 14.0 Å². The molecule has 0 N–H and O–H groups in total. The number of carbonyl (C=O) groups is 1. The number of ether oxygens (including phenoxy) is 1. The second-order valence-corrected chi connectivity index (χ2v) is 18.4. The predicted octanol–water partition coefficient (Wildman–Crippen LogP) is 9.16. The van der Waals surface area contributed by atoms with Crippen LogP contribution in [0.15, 0.2) is 35.5 Å². The Bertz CT molecular complexity index is 861. The van der Waals surface area contributed by atoms with Crippen molar-refractivity contribution in [3.8, 4) is 0 Å². The molecule has 0 spiro atoms. The lowest BCUT2D eigenvalue weighted by molar-refractivity contribution is -0.146. The van der Waals surface area contributed by atoms with Gasteiger partial charge in [0.1, 0.15) is 6.10 Å². The summed E-state index contributed by atoms with van der Waals surface area (Å²) >= 11 is 0. The first-order chi connectivity index (χ1) is 16.7. The molecule has 0 aromatic rings. The van der Waals surface area contributed by atoms with E-state index in [-0.39, 0.29) is 17.7 Å². The monoisotopic (exact) mass is 514 g/mol. The molecule has 0 unspecified atom stereocenters. The maximum atomic E-state index is 11.4. The summed E-state index contributed by atoms with van der Waals surface area (Å²) in [5.74, 6) is 2.12. The molecule has 3 rings (SSSR count). The Balaban J connectivity index is 1.63. The molecule has 0 aliphatic heterocycles. The molecule has 0 amide bonds.